The Bertz CT molecular complexity index is 1310. The molecular formula is C27H33N5O2. The van der Waals surface area contributed by atoms with Gasteiger partial charge in [0, 0.05) is 22.7 Å². The van der Waals surface area contributed by atoms with Crippen LogP contribution in [0.15, 0.2) is 36.8 Å². The van der Waals surface area contributed by atoms with Gasteiger partial charge in [0.05, 0.1) is 31.6 Å². The lowest BCUT2D eigenvalue weighted by Gasteiger charge is -2.41. The van der Waals surface area contributed by atoms with Crippen LogP contribution in [0.1, 0.15) is 43.7 Å². The molecule has 2 aliphatic rings. The van der Waals surface area contributed by atoms with Crippen molar-refractivity contribution < 1.29 is 9.47 Å². The van der Waals surface area contributed by atoms with Crippen LogP contribution in [-0.4, -0.2) is 63.4 Å². The van der Waals surface area contributed by atoms with E-state index in [9.17, 15) is 0 Å². The number of H-pyrrole nitrogens is 1. The quantitative estimate of drug-likeness (QED) is 0.449. The monoisotopic (exact) mass is 459 g/mol. The number of fused-ring (bicyclic) bond motifs is 2. The van der Waals surface area contributed by atoms with E-state index in [1.165, 1.54) is 23.8 Å². The van der Waals surface area contributed by atoms with Crippen molar-refractivity contribution in [2.24, 2.45) is 5.92 Å². The van der Waals surface area contributed by atoms with Gasteiger partial charge in [0.25, 0.3) is 0 Å². The van der Waals surface area contributed by atoms with E-state index in [0.717, 1.165) is 66.6 Å². The third-order valence-electron chi connectivity index (χ3n) is 7.51. The van der Waals surface area contributed by atoms with E-state index in [4.69, 9.17) is 9.47 Å². The maximum absolute atomic E-state index is 6.33. The largest absolute Gasteiger partial charge is 0.493 e. The van der Waals surface area contributed by atoms with E-state index in [2.05, 4.69) is 71.2 Å². The molecule has 2 aliphatic heterocycles. The number of aromatic amines is 1. The zero-order valence-corrected chi connectivity index (χ0v) is 20.3. The van der Waals surface area contributed by atoms with Gasteiger partial charge < -0.3 is 14.5 Å². The van der Waals surface area contributed by atoms with Crippen LogP contribution in [0.25, 0.3) is 27.8 Å². The first-order valence-corrected chi connectivity index (χ1v) is 12.5. The fourth-order valence-electron chi connectivity index (χ4n) is 5.47. The minimum absolute atomic E-state index is 0.366. The number of nitrogens with one attached hydrogen (secondary N) is 1. The SMILES string of the molecule is Cc1cc(-c2[nH]c3ccc(OCC4CCN(C5COC5)CC4)cc3c2C(C)C)cn2ncnc12. The molecule has 0 unspecified atom stereocenters. The Labute approximate surface area is 200 Å². The highest BCUT2D eigenvalue weighted by molar-refractivity contribution is 5.92. The second-order valence-corrected chi connectivity index (χ2v) is 10.2. The van der Waals surface area contributed by atoms with Crippen molar-refractivity contribution in [3.63, 3.8) is 0 Å². The molecule has 0 atom stereocenters. The van der Waals surface area contributed by atoms with Gasteiger partial charge in [-0.3, -0.25) is 4.90 Å². The molecule has 0 spiro atoms. The Morgan fingerprint density at radius 1 is 1.18 bits per heavy atom. The maximum atomic E-state index is 6.33. The summed E-state index contributed by atoms with van der Waals surface area (Å²) < 4.78 is 13.5. The Hall–Kier alpha value is -2.90. The van der Waals surface area contributed by atoms with E-state index >= 15 is 0 Å². The lowest BCUT2D eigenvalue weighted by Crippen LogP contribution is -2.52. The van der Waals surface area contributed by atoms with Gasteiger partial charge in [0.1, 0.15) is 12.1 Å². The van der Waals surface area contributed by atoms with Gasteiger partial charge in [0.15, 0.2) is 5.65 Å². The fraction of sp³-hybridized carbons (Fsp3) is 0.481. The zero-order valence-electron chi connectivity index (χ0n) is 20.3. The van der Waals surface area contributed by atoms with Crippen molar-refractivity contribution in [3.05, 3.63) is 47.9 Å². The van der Waals surface area contributed by atoms with Gasteiger partial charge in [-0.1, -0.05) is 13.8 Å². The van der Waals surface area contributed by atoms with Crippen LogP contribution in [0, 0.1) is 12.8 Å². The number of ether oxygens (including phenoxy) is 2. The van der Waals surface area contributed by atoms with Crippen LogP contribution in [0.2, 0.25) is 0 Å². The maximum Gasteiger partial charge on any atom is 0.158 e. The topological polar surface area (TPSA) is 67.7 Å². The standard InChI is InChI=1S/C27H33N5O2/c1-17(2)25-23-11-22(34-13-19-6-8-31(9-7-19)21-14-33-15-21)4-5-24(23)30-26(25)20-10-18(3)27-28-16-29-32(27)12-20/h4-5,10-12,16-17,19,21,30H,6-9,13-15H2,1-3H3. The molecule has 2 fully saturated rings. The molecule has 34 heavy (non-hydrogen) atoms. The molecule has 0 bridgehead atoms. The smallest absolute Gasteiger partial charge is 0.158 e. The van der Waals surface area contributed by atoms with Crippen molar-refractivity contribution in [1.82, 2.24) is 24.5 Å². The summed E-state index contributed by atoms with van der Waals surface area (Å²) in [7, 11) is 0. The second kappa shape index (κ2) is 8.71. The first kappa shape index (κ1) is 21.6. The number of pyridine rings is 1. The summed E-state index contributed by atoms with van der Waals surface area (Å²) in [6.45, 7) is 11.5. The van der Waals surface area contributed by atoms with E-state index in [-0.39, 0.29) is 0 Å². The molecular weight excluding hydrogens is 426 g/mol. The van der Waals surface area contributed by atoms with E-state index in [1.54, 1.807) is 6.33 Å². The van der Waals surface area contributed by atoms with Crippen LogP contribution >= 0.6 is 0 Å². The van der Waals surface area contributed by atoms with Crippen LogP contribution in [-0.2, 0) is 4.74 Å². The van der Waals surface area contributed by atoms with E-state index in [0.29, 0.717) is 17.9 Å². The Balaban J connectivity index is 1.23. The van der Waals surface area contributed by atoms with Gasteiger partial charge in [-0.05, 0) is 80.1 Å². The van der Waals surface area contributed by atoms with E-state index < -0.39 is 0 Å². The normalized spacial score (nSPS) is 18.2. The fourth-order valence-corrected chi connectivity index (χ4v) is 5.47. The van der Waals surface area contributed by atoms with Crippen molar-refractivity contribution >= 4 is 16.6 Å². The van der Waals surface area contributed by atoms with Crippen molar-refractivity contribution in [3.8, 4) is 17.0 Å². The van der Waals surface area contributed by atoms with Crippen LogP contribution in [0.4, 0.5) is 0 Å². The molecule has 0 amide bonds. The molecule has 2 saturated heterocycles. The first-order valence-electron chi connectivity index (χ1n) is 12.5. The number of piperidine rings is 1. The number of likely N-dealkylation sites (tertiary alicyclic amines) is 1. The third-order valence-corrected chi connectivity index (χ3v) is 7.51. The number of hydrogen-bond acceptors (Lipinski definition) is 5. The summed E-state index contributed by atoms with van der Waals surface area (Å²) >= 11 is 0. The molecule has 0 aliphatic carbocycles. The number of hydrogen-bond donors (Lipinski definition) is 1. The summed E-state index contributed by atoms with van der Waals surface area (Å²) in [5.41, 5.74) is 6.74. The minimum atomic E-state index is 0.366. The molecule has 0 radical (unpaired) electrons. The number of aromatic nitrogens is 4. The van der Waals surface area contributed by atoms with Gasteiger partial charge in [0.2, 0.25) is 0 Å². The van der Waals surface area contributed by atoms with Crippen LogP contribution in [0.3, 0.4) is 0 Å². The highest BCUT2D eigenvalue weighted by Crippen LogP contribution is 2.37. The molecule has 3 aromatic heterocycles. The predicted octanol–water partition coefficient (Wildman–Crippen LogP) is 4.80. The lowest BCUT2D eigenvalue weighted by atomic mass is 9.96. The van der Waals surface area contributed by atoms with Crippen molar-refractivity contribution in [1.29, 1.82) is 0 Å². The number of nitrogens with zero attached hydrogens (tertiary/aromatic N) is 4. The molecule has 0 saturated carbocycles. The van der Waals surface area contributed by atoms with Gasteiger partial charge in [-0.25, -0.2) is 9.50 Å². The first-order chi connectivity index (χ1) is 16.6. The summed E-state index contributed by atoms with van der Waals surface area (Å²) in [5, 5.41) is 5.60. The predicted molar refractivity (Wildman–Crippen MR) is 134 cm³/mol. The molecule has 6 rings (SSSR count). The molecule has 7 heteroatoms. The second-order valence-electron chi connectivity index (χ2n) is 10.2. The molecule has 178 valence electrons. The van der Waals surface area contributed by atoms with Gasteiger partial charge in [-0.2, -0.15) is 5.10 Å². The molecule has 4 aromatic rings. The minimum Gasteiger partial charge on any atom is -0.493 e. The van der Waals surface area contributed by atoms with E-state index in [1.807, 2.05) is 4.52 Å². The van der Waals surface area contributed by atoms with Gasteiger partial charge in [-0.15, -0.1) is 0 Å². The molecule has 1 N–H and O–H groups in total. The van der Waals surface area contributed by atoms with Crippen molar-refractivity contribution in [2.75, 3.05) is 32.9 Å². The molecule has 1 aromatic carbocycles. The van der Waals surface area contributed by atoms with Crippen molar-refractivity contribution in [2.45, 2.75) is 45.6 Å². The molecule has 5 heterocycles. The average Bonchev–Trinajstić information content (AvgIpc) is 3.42. The molecule has 7 nitrogen and oxygen atoms in total. The Morgan fingerprint density at radius 3 is 2.74 bits per heavy atom. The number of rotatable bonds is 6. The Kier molecular flexibility index (Phi) is 5.54. The number of aryl methyl sites for hydroxylation is 1. The summed E-state index contributed by atoms with van der Waals surface area (Å²) in [6, 6.07) is 9.31. The Morgan fingerprint density at radius 2 is 2.00 bits per heavy atom. The summed E-state index contributed by atoms with van der Waals surface area (Å²) in [6.07, 6.45) is 6.07. The highest BCUT2D eigenvalue weighted by Gasteiger charge is 2.29. The van der Waals surface area contributed by atoms with Crippen LogP contribution < -0.4 is 4.74 Å². The van der Waals surface area contributed by atoms with Gasteiger partial charge >= 0.3 is 0 Å². The average molecular weight is 460 g/mol. The summed E-state index contributed by atoms with van der Waals surface area (Å²) in [5.74, 6) is 1.94. The lowest BCUT2D eigenvalue weighted by molar-refractivity contribution is -0.0750. The zero-order chi connectivity index (χ0) is 23.2. The third kappa shape index (κ3) is 3.87. The highest BCUT2D eigenvalue weighted by atomic mass is 16.5. The summed E-state index contributed by atoms with van der Waals surface area (Å²) in [4.78, 5) is 10.6. The van der Waals surface area contributed by atoms with Crippen LogP contribution in [0.5, 0.6) is 5.75 Å². The number of benzene rings is 1.